The van der Waals surface area contributed by atoms with Gasteiger partial charge in [0.05, 0.1) is 11.6 Å². The van der Waals surface area contributed by atoms with Gasteiger partial charge in [-0.05, 0) is 45.1 Å². The summed E-state index contributed by atoms with van der Waals surface area (Å²) in [4.78, 5) is 2.13. The maximum Gasteiger partial charge on any atom is 0.137 e. The van der Waals surface area contributed by atoms with Crippen molar-refractivity contribution in [2.24, 2.45) is 5.73 Å². The first kappa shape index (κ1) is 14.3. The van der Waals surface area contributed by atoms with Crippen molar-refractivity contribution in [3.63, 3.8) is 0 Å². The predicted molar refractivity (Wildman–Crippen MR) is 72.7 cm³/mol. The number of benzene rings is 1. The van der Waals surface area contributed by atoms with E-state index in [4.69, 9.17) is 22.1 Å². The van der Waals surface area contributed by atoms with Gasteiger partial charge in [0.25, 0.3) is 0 Å². The molecule has 0 spiro atoms. The number of ether oxygens (including phenoxy) is 1. The average molecular weight is 257 g/mol. The third-order valence-electron chi connectivity index (χ3n) is 2.49. The Morgan fingerprint density at radius 3 is 2.65 bits per heavy atom. The van der Waals surface area contributed by atoms with Gasteiger partial charge in [0, 0.05) is 12.6 Å². The number of hydrogen-bond acceptors (Lipinski definition) is 3. The Kier molecular flexibility index (Phi) is 5.75. The monoisotopic (exact) mass is 256 g/mol. The SMILES string of the molecule is C[C@H](N)c1ccc(OCCCN(C)C)c(Cl)c1. The van der Waals surface area contributed by atoms with E-state index in [-0.39, 0.29) is 6.04 Å². The van der Waals surface area contributed by atoms with Gasteiger partial charge in [-0.1, -0.05) is 17.7 Å². The molecule has 0 aliphatic carbocycles. The van der Waals surface area contributed by atoms with Gasteiger partial charge in [0.1, 0.15) is 5.75 Å². The molecule has 1 aromatic rings. The van der Waals surface area contributed by atoms with Crippen LogP contribution in [0.3, 0.4) is 0 Å². The lowest BCUT2D eigenvalue weighted by molar-refractivity contribution is 0.281. The molecule has 3 nitrogen and oxygen atoms in total. The van der Waals surface area contributed by atoms with E-state index in [0.717, 1.165) is 24.3 Å². The summed E-state index contributed by atoms with van der Waals surface area (Å²) in [6, 6.07) is 5.71. The first-order chi connectivity index (χ1) is 8.00. The molecule has 0 unspecified atom stereocenters. The molecule has 4 heteroatoms. The molecule has 96 valence electrons. The summed E-state index contributed by atoms with van der Waals surface area (Å²) in [6.07, 6.45) is 0.984. The van der Waals surface area contributed by atoms with Crippen LogP contribution < -0.4 is 10.5 Å². The van der Waals surface area contributed by atoms with E-state index in [1.807, 2.05) is 39.2 Å². The normalized spacial score (nSPS) is 12.8. The van der Waals surface area contributed by atoms with Crippen molar-refractivity contribution >= 4 is 11.6 Å². The van der Waals surface area contributed by atoms with Gasteiger partial charge in [-0.15, -0.1) is 0 Å². The maximum atomic E-state index is 6.12. The predicted octanol–water partition coefficient (Wildman–Crippen LogP) is 2.69. The maximum absolute atomic E-state index is 6.12. The molecule has 0 bridgehead atoms. The minimum absolute atomic E-state index is 0.00436. The largest absolute Gasteiger partial charge is 0.492 e. The Morgan fingerprint density at radius 2 is 2.12 bits per heavy atom. The Bertz CT molecular complexity index is 353. The Balaban J connectivity index is 2.49. The summed E-state index contributed by atoms with van der Waals surface area (Å²) in [5, 5.41) is 0.629. The van der Waals surface area contributed by atoms with Crippen LogP contribution in [-0.4, -0.2) is 32.1 Å². The van der Waals surface area contributed by atoms with E-state index < -0.39 is 0 Å². The van der Waals surface area contributed by atoms with E-state index in [9.17, 15) is 0 Å². The van der Waals surface area contributed by atoms with Gasteiger partial charge in [-0.3, -0.25) is 0 Å². The Morgan fingerprint density at radius 1 is 1.41 bits per heavy atom. The van der Waals surface area contributed by atoms with Crippen molar-refractivity contribution in [3.05, 3.63) is 28.8 Å². The zero-order valence-corrected chi connectivity index (χ0v) is 11.5. The zero-order valence-electron chi connectivity index (χ0n) is 10.7. The smallest absolute Gasteiger partial charge is 0.137 e. The molecule has 0 aliphatic rings. The lowest BCUT2D eigenvalue weighted by atomic mass is 10.1. The quantitative estimate of drug-likeness (QED) is 0.796. The topological polar surface area (TPSA) is 38.5 Å². The van der Waals surface area contributed by atoms with Crippen molar-refractivity contribution in [2.45, 2.75) is 19.4 Å². The molecular weight excluding hydrogens is 236 g/mol. The number of halogens is 1. The molecule has 0 heterocycles. The first-order valence-corrected chi connectivity index (χ1v) is 6.21. The van der Waals surface area contributed by atoms with Crippen LogP contribution in [0.15, 0.2) is 18.2 Å². The molecule has 0 saturated carbocycles. The van der Waals surface area contributed by atoms with Crippen LogP contribution in [-0.2, 0) is 0 Å². The summed E-state index contributed by atoms with van der Waals surface area (Å²) in [6.45, 7) is 3.62. The Labute approximate surface area is 109 Å². The van der Waals surface area contributed by atoms with E-state index in [2.05, 4.69) is 4.90 Å². The molecule has 17 heavy (non-hydrogen) atoms. The van der Waals surface area contributed by atoms with Gasteiger partial charge in [0.15, 0.2) is 0 Å². The van der Waals surface area contributed by atoms with Crippen LogP contribution in [0.2, 0.25) is 5.02 Å². The lowest BCUT2D eigenvalue weighted by Crippen LogP contribution is -2.15. The van der Waals surface area contributed by atoms with Gasteiger partial charge in [-0.25, -0.2) is 0 Å². The highest BCUT2D eigenvalue weighted by atomic mass is 35.5. The second kappa shape index (κ2) is 6.84. The summed E-state index contributed by atoms with van der Waals surface area (Å²) in [7, 11) is 4.09. The zero-order chi connectivity index (χ0) is 12.8. The van der Waals surface area contributed by atoms with Crippen molar-refractivity contribution < 1.29 is 4.74 Å². The molecule has 2 N–H and O–H groups in total. The van der Waals surface area contributed by atoms with Crippen LogP contribution in [0.5, 0.6) is 5.75 Å². The number of rotatable bonds is 6. The standard InChI is InChI=1S/C13H21ClN2O/c1-10(15)11-5-6-13(12(14)9-11)17-8-4-7-16(2)3/h5-6,9-10H,4,7-8,15H2,1-3H3/t10-/m0/s1. The van der Waals surface area contributed by atoms with Gasteiger partial charge >= 0.3 is 0 Å². The second-order valence-electron chi connectivity index (χ2n) is 4.48. The van der Waals surface area contributed by atoms with E-state index >= 15 is 0 Å². The third-order valence-corrected chi connectivity index (χ3v) is 2.78. The van der Waals surface area contributed by atoms with Crippen molar-refractivity contribution in [3.8, 4) is 5.75 Å². The fraction of sp³-hybridized carbons (Fsp3) is 0.538. The van der Waals surface area contributed by atoms with Gasteiger partial charge < -0.3 is 15.4 Å². The minimum atomic E-state index is -0.00436. The highest BCUT2D eigenvalue weighted by Gasteiger charge is 2.05. The number of nitrogens with two attached hydrogens (primary N) is 1. The molecule has 0 fully saturated rings. The van der Waals surface area contributed by atoms with Crippen LogP contribution in [0, 0.1) is 0 Å². The number of hydrogen-bond donors (Lipinski definition) is 1. The molecule has 1 atom stereocenters. The van der Waals surface area contributed by atoms with E-state index in [1.165, 1.54) is 0 Å². The van der Waals surface area contributed by atoms with Gasteiger partial charge in [0.2, 0.25) is 0 Å². The lowest BCUT2D eigenvalue weighted by Gasteiger charge is -2.12. The second-order valence-corrected chi connectivity index (χ2v) is 4.89. The fourth-order valence-electron chi connectivity index (χ4n) is 1.48. The van der Waals surface area contributed by atoms with Crippen molar-refractivity contribution in [1.29, 1.82) is 0 Å². The van der Waals surface area contributed by atoms with Crippen molar-refractivity contribution in [2.75, 3.05) is 27.2 Å². The van der Waals surface area contributed by atoms with Crippen LogP contribution >= 0.6 is 11.6 Å². The summed E-state index contributed by atoms with van der Waals surface area (Å²) in [5.74, 6) is 0.731. The fourth-order valence-corrected chi connectivity index (χ4v) is 1.72. The minimum Gasteiger partial charge on any atom is -0.492 e. The van der Waals surface area contributed by atoms with Crippen LogP contribution in [0.1, 0.15) is 24.9 Å². The average Bonchev–Trinajstić information content (AvgIpc) is 2.25. The van der Waals surface area contributed by atoms with Crippen LogP contribution in [0.4, 0.5) is 0 Å². The third kappa shape index (κ3) is 4.94. The molecular formula is C13H21ClN2O. The van der Waals surface area contributed by atoms with E-state index in [1.54, 1.807) is 0 Å². The molecule has 0 aromatic heterocycles. The Hall–Kier alpha value is -0.770. The van der Waals surface area contributed by atoms with Crippen molar-refractivity contribution in [1.82, 2.24) is 4.90 Å². The van der Waals surface area contributed by atoms with Gasteiger partial charge in [-0.2, -0.15) is 0 Å². The molecule has 0 aliphatic heterocycles. The molecule has 0 amide bonds. The highest BCUT2D eigenvalue weighted by molar-refractivity contribution is 6.32. The molecule has 0 radical (unpaired) electrons. The summed E-state index contributed by atoms with van der Waals surface area (Å²) in [5.41, 5.74) is 6.81. The number of nitrogens with zero attached hydrogens (tertiary/aromatic N) is 1. The summed E-state index contributed by atoms with van der Waals surface area (Å²) >= 11 is 6.12. The van der Waals surface area contributed by atoms with E-state index in [0.29, 0.717) is 11.6 Å². The molecule has 1 aromatic carbocycles. The molecule has 1 rings (SSSR count). The van der Waals surface area contributed by atoms with Crippen LogP contribution in [0.25, 0.3) is 0 Å². The molecule has 0 saturated heterocycles. The highest BCUT2D eigenvalue weighted by Crippen LogP contribution is 2.27. The first-order valence-electron chi connectivity index (χ1n) is 5.83. The summed E-state index contributed by atoms with van der Waals surface area (Å²) < 4.78 is 5.62.